The molecule has 10 atom stereocenters. The molecule has 4 aliphatic carbocycles. The highest BCUT2D eigenvalue weighted by Crippen LogP contribution is 2.68. The van der Waals surface area contributed by atoms with Crippen LogP contribution in [0, 0.1) is 46.3 Å². The fourth-order valence-corrected chi connectivity index (χ4v) is 9.87. The number of hydrogen-bond acceptors (Lipinski definition) is 3. The molecule has 0 saturated heterocycles. The maximum absolute atomic E-state index is 11.5. The van der Waals surface area contributed by atoms with Crippen LogP contribution in [0.1, 0.15) is 84.4 Å². The molecule has 2 aromatic rings. The molecule has 3 N–H and O–H groups in total. The SMILES string of the molecule is C[C@H](CCc1nc2ccccc2[nH]1)[C@H]1CC[C@H]2[C@@H]3[C@H](O)C[C@@H]4C[C@H](O)CC[C@]4(C)[C@H]3CC[C@]12C. The molecule has 4 saturated carbocycles. The van der Waals surface area contributed by atoms with E-state index in [0.717, 1.165) is 54.9 Å². The number of benzene rings is 1. The van der Waals surface area contributed by atoms with E-state index < -0.39 is 0 Å². The topological polar surface area (TPSA) is 69.1 Å². The zero-order valence-electron chi connectivity index (χ0n) is 21.3. The van der Waals surface area contributed by atoms with Crippen molar-refractivity contribution in [1.82, 2.24) is 9.97 Å². The molecule has 0 unspecified atom stereocenters. The third-order valence-corrected chi connectivity index (χ3v) is 11.7. The Bertz CT molecular complexity index is 1000. The van der Waals surface area contributed by atoms with Crippen molar-refractivity contribution in [2.45, 2.75) is 97.2 Å². The predicted octanol–water partition coefficient (Wildman–Crippen LogP) is 6.12. The van der Waals surface area contributed by atoms with Crippen LogP contribution >= 0.6 is 0 Å². The van der Waals surface area contributed by atoms with Crippen molar-refractivity contribution < 1.29 is 10.2 Å². The Morgan fingerprint density at radius 1 is 1.00 bits per heavy atom. The summed E-state index contributed by atoms with van der Waals surface area (Å²) >= 11 is 0. The first-order chi connectivity index (χ1) is 16.3. The molecule has 6 rings (SSSR count). The summed E-state index contributed by atoms with van der Waals surface area (Å²) in [6, 6.07) is 8.33. The molecule has 4 aliphatic rings. The van der Waals surface area contributed by atoms with Crippen LogP contribution in [0.15, 0.2) is 24.3 Å². The van der Waals surface area contributed by atoms with Gasteiger partial charge in [0, 0.05) is 6.42 Å². The summed E-state index contributed by atoms with van der Waals surface area (Å²) in [6.07, 6.45) is 11.0. The van der Waals surface area contributed by atoms with Gasteiger partial charge in [-0.3, -0.25) is 0 Å². The molecule has 1 heterocycles. The zero-order valence-corrected chi connectivity index (χ0v) is 21.3. The van der Waals surface area contributed by atoms with Crippen LogP contribution in [0.2, 0.25) is 0 Å². The minimum Gasteiger partial charge on any atom is -0.393 e. The second kappa shape index (κ2) is 8.34. The Labute approximate surface area is 205 Å². The maximum Gasteiger partial charge on any atom is 0.107 e. The number of para-hydroxylation sites is 2. The first-order valence-electron chi connectivity index (χ1n) is 14.1. The van der Waals surface area contributed by atoms with E-state index in [2.05, 4.69) is 50.0 Å². The number of aliphatic hydroxyl groups excluding tert-OH is 2. The van der Waals surface area contributed by atoms with Gasteiger partial charge in [0.1, 0.15) is 5.82 Å². The van der Waals surface area contributed by atoms with Crippen LogP contribution in [0.5, 0.6) is 0 Å². The van der Waals surface area contributed by atoms with Gasteiger partial charge in [-0.15, -0.1) is 0 Å². The minimum absolute atomic E-state index is 0.154. The number of nitrogens with zero attached hydrogens (tertiary/aromatic N) is 1. The zero-order chi connectivity index (χ0) is 23.7. The van der Waals surface area contributed by atoms with Crippen molar-refractivity contribution >= 4 is 11.0 Å². The molecule has 186 valence electrons. The molecular weight excluding hydrogens is 420 g/mol. The Morgan fingerprint density at radius 2 is 1.76 bits per heavy atom. The molecule has 4 fully saturated rings. The van der Waals surface area contributed by atoms with E-state index >= 15 is 0 Å². The number of imidazole rings is 1. The largest absolute Gasteiger partial charge is 0.393 e. The van der Waals surface area contributed by atoms with Crippen LogP contribution < -0.4 is 0 Å². The van der Waals surface area contributed by atoms with E-state index in [1.54, 1.807) is 0 Å². The van der Waals surface area contributed by atoms with Gasteiger partial charge in [0.05, 0.1) is 23.2 Å². The molecule has 0 radical (unpaired) electrons. The van der Waals surface area contributed by atoms with E-state index in [9.17, 15) is 10.2 Å². The quantitative estimate of drug-likeness (QED) is 0.510. The lowest BCUT2D eigenvalue weighted by molar-refractivity contribution is -0.174. The van der Waals surface area contributed by atoms with Gasteiger partial charge in [0.2, 0.25) is 0 Å². The third kappa shape index (κ3) is 3.50. The smallest absolute Gasteiger partial charge is 0.107 e. The van der Waals surface area contributed by atoms with Gasteiger partial charge < -0.3 is 15.2 Å². The van der Waals surface area contributed by atoms with Gasteiger partial charge in [0.25, 0.3) is 0 Å². The maximum atomic E-state index is 11.5. The molecule has 4 nitrogen and oxygen atoms in total. The number of rotatable bonds is 4. The lowest BCUT2D eigenvalue weighted by atomic mass is 9.43. The second-order valence-electron chi connectivity index (χ2n) is 13.2. The summed E-state index contributed by atoms with van der Waals surface area (Å²) in [5.41, 5.74) is 2.89. The van der Waals surface area contributed by atoms with Gasteiger partial charge in [-0.25, -0.2) is 4.98 Å². The molecule has 4 heteroatoms. The standard InChI is InChI=1S/C30H44N2O2/c1-18(8-11-27-31-24-6-4-5-7-25(24)32-27)21-9-10-22-28-23(13-15-30(21,22)3)29(2)14-12-20(33)16-19(29)17-26(28)34/h4-7,18-23,26,28,33-34H,8-17H2,1-3H3,(H,31,32)/t18-,19+,20-,21-,22+,23+,26-,28+,29+,30-/m1/s1. The Hall–Kier alpha value is -1.39. The summed E-state index contributed by atoms with van der Waals surface area (Å²) < 4.78 is 0. The lowest BCUT2D eigenvalue weighted by Crippen LogP contribution is -2.58. The number of hydrogen-bond donors (Lipinski definition) is 3. The van der Waals surface area contributed by atoms with Crippen LogP contribution in [-0.4, -0.2) is 32.4 Å². The molecule has 0 aliphatic heterocycles. The van der Waals surface area contributed by atoms with Gasteiger partial charge in [-0.2, -0.15) is 0 Å². The normalized spacial score (nSPS) is 44.9. The second-order valence-corrected chi connectivity index (χ2v) is 13.2. The average Bonchev–Trinajstić information content (AvgIpc) is 3.39. The summed E-state index contributed by atoms with van der Waals surface area (Å²) in [5, 5.41) is 21.8. The summed E-state index contributed by atoms with van der Waals surface area (Å²) in [5.74, 6) is 4.79. The monoisotopic (exact) mass is 464 g/mol. The van der Waals surface area contributed by atoms with E-state index in [1.807, 2.05) is 0 Å². The molecule has 34 heavy (non-hydrogen) atoms. The first kappa shape index (κ1) is 23.0. The summed E-state index contributed by atoms with van der Waals surface area (Å²) in [6.45, 7) is 7.57. The third-order valence-electron chi connectivity index (χ3n) is 11.7. The fourth-order valence-electron chi connectivity index (χ4n) is 9.87. The number of aryl methyl sites for hydroxylation is 1. The number of aliphatic hydroxyl groups is 2. The highest BCUT2D eigenvalue weighted by Gasteiger charge is 2.62. The molecular formula is C30H44N2O2. The number of aromatic nitrogens is 2. The van der Waals surface area contributed by atoms with Crippen molar-refractivity contribution in [1.29, 1.82) is 0 Å². The van der Waals surface area contributed by atoms with E-state index in [1.165, 1.54) is 32.1 Å². The van der Waals surface area contributed by atoms with Gasteiger partial charge in [-0.05, 0) is 116 Å². The van der Waals surface area contributed by atoms with E-state index in [-0.39, 0.29) is 12.2 Å². The lowest BCUT2D eigenvalue weighted by Gasteiger charge is -2.62. The van der Waals surface area contributed by atoms with Crippen LogP contribution in [0.3, 0.4) is 0 Å². The van der Waals surface area contributed by atoms with Crippen molar-refractivity contribution in [3.8, 4) is 0 Å². The van der Waals surface area contributed by atoms with Gasteiger partial charge in [-0.1, -0.05) is 32.9 Å². The van der Waals surface area contributed by atoms with Crippen molar-refractivity contribution in [2.75, 3.05) is 0 Å². The number of aromatic amines is 1. The highest BCUT2D eigenvalue weighted by atomic mass is 16.3. The fraction of sp³-hybridized carbons (Fsp3) is 0.767. The van der Waals surface area contributed by atoms with Crippen LogP contribution in [0.25, 0.3) is 11.0 Å². The number of H-pyrrole nitrogens is 1. The van der Waals surface area contributed by atoms with Crippen molar-refractivity contribution in [3.63, 3.8) is 0 Å². The Morgan fingerprint density at radius 3 is 2.59 bits per heavy atom. The van der Waals surface area contributed by atoms with Gasteiger partial charge >= 0.3 is 0 Å². The first-order valence-corrected chi connectivity index (χ1v) is 14.1. The van der Waals surface area contributed by atoms with Gasteiger partial charge in [0.15, 0.2) is 0 Å². The molecule has 1 aromatic heterocycles. The number of fused-ring (bicyclic) bond motifs is 6. The van der Waals surface area contributed by atoms with Crippen molar-refractivity contribution in [3.05, 3.63) is 30.1 Å². The highest BCUT2D eigenvalue weighted by molar-refractivity contribution is 5.74. The summed E-state index contributed by atoms with van der Waals surface area (Å²) in [4.78, 5) is 8.34. The van der Waals surface area contributed by atoms with E-state index in [4.69, 9.17) is 4.98 Å². The molecule has 0 bridgehead atoms. The average molecular weight is 465 g/mol. The van der Waals surface area contributed by atoms with Crippen molar-refractivity contribution in [2.24, 2.45) is 46.3 Å². The summed E-state index contributed by atoms with van der Waals surface area (Å²) in [7, 11) is 0. The predicted molar refractivity (Wildman–Crippen MR) is 136 cm³/mol. The molecule has 0 spiro atoms. The van der Waals surface area contributed by atoms with E-state index in [0.29, 0.717) is 40.4 Å². The Kier molecular flexibility index (Phi) is 5.65. The Balaban J connectivity index is 1.18. The number of nitrogens with one attached hydrogen (secondary N) is 1. The minimum atomic E-state index is -0.178. The molecule has 0 amide bonds. The van der Waals surface area contributed by atoms with Crippen LogP contribution in [-0.2, 0) is 6.42 Å². The van der Waals surface area contributed by atoms with Crippen LogP contribution in [0.4, 0.5) is 0 Å². The molecule has 1 aromatic carbocycles.